The summed E-state index contributed by atoms with van der Waals surface area (Å²) in [7, 11) is 2.06. The fourth-order valence-electron chi connectivity index (χ4n) is 4.81. The maximum atomic E-state index is 13.7. The monoisotopic (exact) mass is 518 g/mol. The quantitative estimate of drug-likeness (QED) is 0.397. The lowest BCUT2D eigenvalue weighted by Gasteiger charge is -2.35. The van der Waals surface area contributed by atoms with E-state index in [1.54, 1.807) is 12.1 Å². The molecule has 204 valence electrons. The van der Waals surface area contributed by atoms with Gasteiger partial charge in [0.05, 0.1) is 13.1 Å². The maximum Gasteiger partial charge on any atom is 0.123 e. The number of aryl methyl sites for hydroxylation is 1. The summed E-state index contributed by atoms with van der Waals surface area (Å²) in [5.74, 6) is -0.174. The summed E-state index contributed by atoms with van der Waals surface area (Å²) in [5, 5.41) is 7.82. The Bertz CT molecular complexity index is 1180. The van der Waals surface area contributed by atoms with E-state index in [-0.39, 0.29) is 5.82 Å². The standard InChI is InChI=1S/C29H38FN5.C2H5N/c1-6-31-12-7-13-34(29-16-24(9-8-21(29)2)26-14-22(3)32-17-26)18-23(4)33(5)35-19-25-10-11-28(30)15-27(25)20-35;1-2-3/h8-11,14-16,31H,4,6-7,12-13,17-20H2,1-3,5H3;2H,1,3H2. The first kappa shape index (κ1) is 29.1. The predicted molar refractivity (Wildman–Crippen MR) is 159 cm³/mol. The zero-order valence-electron chi connectivity index (χ0n) is 23.4. The molecule has 0 aromatic heterocycles. The molecule has 0 amide bonds. The molecule has 0 saturated carbocycles. The number of rotatable bonds is 11. The Kier molecular flexibility index (Phi) is 10.7. The highest BCUT2D eigenvalue weighted by molar-refractivity contribution is 6.03. The van der Waals surface area contributed by atoms with Crippen molar-refractivity contribution < 1.29 is 4.39 Å². The molecule has 0 radical (unpaired) electrons. The van der Waals surface area contributed by atoms with Crippen LogP contribution in [0.2, 0.25) is 0 Å². The zero-order chi connectivity index (χ0) is 27.7. The van der Waals surface area contributed by atoms with E-state index in [4.69, 9.17) is 0 Å². The molecule has 0 saturated heterocycles. The second-order valence-electron chi connectivity index (χ2n) is 9.82. The number of nitrogens with one attached hydrogen (secondary N) is 1. The summed E-state index contributed by atoms with van der Waals surface area (Å²) in [6.45, 7) is 19.8. The summed E-state index contributed by atoms with van der Waals surface area (Å²) in [4.78, 5) is 7.00. The molecule has 2 aliphatic rings. The van der Waals surface area contributed by atoms with Crippen LogP contribution in [0.1, 0.15) is 42.5 Å². The number of nitrogens with zero attached hydrogens (tertiary/aromatic N) is 4. The van der Waals surface area contributed by atoms with Crippen molar-refractivity contribution in [2.45, 2.75) is 40.3 Å². The van der Waals surface area contributed by atoms with Gasteiger partial charge in [-0.15, -0.1) is 0 Å². The van der Waals surface area contributed by atoms with Gasteiger partial charge in [0, 0.05) is 43.8 Å². The van der Waals surface area contributed by atoms with E-state index in [1.807, 2.05) is 6.07 Å². The lowest BCUT2D eigenvalue weighted by Crippen LogP contribution is -2.40. The van der Waals surface area contributed by atoms with Crippen molar-refractivity contribution in [3.8, 4) is 0 Å². The van der Waals surface area contributed by atoms with E-state index >= 15 is 0 Å². The molecular formula is C31H43FN6. The van der Waals surface area contributed by atoms with Gasteiger partial charge in [-0.2, -0.15) is 0 Å². The summed E-state index contributed by atoms with van der Waals surface area (Å²) in [6.07, 6.45) is 4.48. The Morgan fingerprint density at radius 3 is 2.61 bits per heavy atom. The Hall–Kier alpha value is -3.42. The van der Waals surface area contributed by atoms with Gasteiger partial charge in [0.2, 0.25) is 0 Å². The van der Waals surface area contributed by atoms with E-state index in [0.717, 1.165) is 62.7 Å². The van der Waals surface area contributed by atoms with Crippen LogP contribution < -0.4 is 16.0 Å². The number of nitrogens with two attached hydrogens (primary N) is 1. The normalized spacial score (nSPS) is 14.2. The minimum absolute atomic E-state index is 0.174. The number of allylic oxidation sites excluding steroid dienone is 1. The van der Waals surface area contributed by atoms with Crippen LogP contribution in [-0.4, -0.2) is 55.5 Å². The lowest BCUT2D eigenvalue weighted by molar-refractivity contribution is 0.0282. The largest absolute Gasteiger partial charge is 0.405 e. The SMILES string of the molecule is C=C(CN(CCCNCC)c1cc(C2=CC(C)=NC2)ccc1C)N(C)N1Cc2ccc(F)cc2C1.C=CN. The number of hydrazine groups is 1. The first-order valence-corrected chi connectivity index (χ1v) is 13.3. The molecule has 0 atom stereocenters. The molecule has 2 heterocycles. The van der Waals surface area contributed by atoms with Crippen molar-refractivity contribution in [2.75, 3.05) is 44.7 Å². The summed E-state index contributed by atoms with van der Waals surface area (Å²) in [5.41, 5.74) is 14.0. The number of likely N-dealkylation sites (N-methyl/N-ethyl adjacent to an activating group) is 1. The van der Waals surface area contributed by atoms with E-state index < -0.39 is 0 Å². The molecule has 0 spiro atoms. The highest BCUT2D eigenvalue weighted by atomic mass is 19.1. The van der Waals surface area contributed by atoms with Crippen LogP contribution in [0.15, 0.2) is 72.5 Å². The van der Waals surface area contributed by atoms with Crippen LogP contribution in [0.3, 0.4) is 0 Å². The molecule has 4 rings (SSSR count). The summed E-state index contributed by atoms with van der Waals surface area (Å²) >= 11 is 0. The number of hydrogen-bond acceptors (Lipinski definition) is 6. The van der Waals surface area contributed by atoms with Gasteiger partial charge in [0.15, 0.2) is 0 Å². The number of aliphatic imine (C=N–C) groups is 1. The second-order valence-corrected chi connectivity index (χ2v) is 9.82. The smallest absolute Gasteiger partial charge is 0.123 e. The summed E-state index contributed by atoms with van der Waals surface area (Å²) in [6, 6.07) is 11.8. The molecule has 2 aromatic rings. The minimum Gasteiger partial charge on any atom is -0.405 e. The molecule has 0 unspecified atom stereocenters. The van der Waals surface area contributed by atoms with Crippen molar-refractivity contribution in [3.05, 3.63) is 95.6 Å². The average Bonchev–Trinajstić information content (AvgIpc) is 3.52. The highest BCUT2D eigenvalue weighted by Crippen LogP contribution is 2.30. The minimum atomic E-state index is -0.174. The number of hydrogen-bond donors (Lipinski definition) is 2. The Morgan fingerprint density at radius 1 is 1.18 bits per heavy atom. The van der Waals surface area contributed by atoms with Crippen LogP contribution >= 0.6 is 0 Å². The van der Waals surface area contributed by atoms with Gasteiger partial charge in [-0.1, -0.05) is 38.3 Å². The van der Waals surface area contributed by atoms with Crippen LogP contribution in [0.5, 0.6) is 0 Å². The third kappa shape index (κ3) is 7.55. The lowest BCUT2D eigenvalue weighted by atomic mass is 10.0. The average molecular weight is 519 g/mol. The van der Waals surface area contributed by atoms with Crippen LogP contribution in [-0.2, 0) is 13.1 Å². The van der Waals surface area contributed by atoms with Crippen LogP contribution in [0.25, 0.3) is 5.57 Å². The third-order valence-corrected chi connectivity index (χ3v) is 6.96. The zero-order valence-corrected chi connectivity index (χ0v) is 23.4. The Labute approximate surface area is 228 Å². The summed E-state index contributed by atoms with van der Waals surface area (Å²) < 4.78 is 13.7. The van der Waals surface area contributed by atoms with Crippen molar-refractivity contribution in [2.24, 2.45) is 10.7 Å². The third-order valence-electron chi connectivity index (χ3n) is 6.96. The molecule has 6 nitrogen and oxygen atoms in total. The van der Waals surface area contributed by atoms with Gasteiger partial charge in [-0.3, -0.25) is 4.99 Å². The van der Waals surface area contributed by atoms with Gasteiger partial charge in [0.25, 0.3) is 0 Å². The van der Waals surface area contributed by atoms with Gasteiger partial charge in [-0.25, -0.2) is 9.40 Å². The van der Waals surface area contributed by atoms with E-state index in [9.17, 15) is 4.39 Å². The molecule has 7 heteroatoms. The van der Waals surface area contributed by atoms with Gasteiger partial charge < -0.3 is 21.0 Å². The molecule has 3 N–H and O–H groups in total. The number of fused-ring (bicyclic) bond motifs is 1. The number of halogens is 1. The predicted octanol–water partition coefficient (Wildman–Crippen LogP) is 5.26. The van der Waals surface area contributed by atoms with Gasteiger partial charge in [-0.05, 0) is 91.7 Å². The van der Waals surface area contributed by atoms with Crippen molar-refractivity contribution >= 4 is 17.0 Å². The van der Waals surface area contributed by atoms with Gasteiger partial charge in [0.1, 0.15) is 5.82 Å². The molecule has 0 fully saturated rings. The first-order chi connectivity index (χ1) is 18.3. The Balaban J connectivity index is 0.00000127. The fraction of sp³-hybridized carbons (Fsp3) is 0.387. The molecule has 0 bridgehead atoms. The molecule has 2 aliphatic heterocycles. The Morgan fingerprint density at radius 2 is 1.92 bits per heavy atom. The molecule has 2 aromatic carbocycles. The highest BCUT2D eigenvalue weighted by Gasteiger charge is 2.24. The van der Waals surface area contributed by atoms with Crippen molar-refractivity contribution in [1.82, 2.24) is 15.3 Å². The molecule has 0 aliphatic carbocycles. The topological polar surface area (TPSA) is 60.1 Å². The molecular weight excluding hydrogens is 475 g/mol. The molecule has 38 heavy (non-hydrogen) atoms. The number of benzene rings is 2. The fourth-order valence-corrected chi connectivity index (χ4v) is 4.81. The first-order valence-electron chi connectivity index (χ1n) is 13.3. The van der Waals surface area contributed by atoms with Crippen molar-refractivity contribution in [3.63, 3.8) is 0 Å². The van der Waals surface area contributed by atoms with E-state index in [2.05, 4.69) is 96.2 Å². The maximum absolute atomic E-state index is 13.7. The van der Waals surface area contributed by atoms with Crippen LogP contribution in [0.4, 0.5) is 10.1 Å². The van der Waals surface area contributed by atoms with E-state index in [1.165, 1.54) is 34.2 Å². The number of anilines is 1. The van der Waals surface area contributed by atoms with Gasteiger partial charge >= 0.3 is 0 Å². The van der Waals surface area contributed by atoms with Crippen LogP contribution in [0, 0.1) is 12.7 Å². The van der Waals surface area contributed by atoms with Crippen molar-refractivity contribution in [1.29, 1.82) is 0 Å². The van der Waals surface area contributed by atoms with E-state index in [0.29, 0.717) is 6.54 Å². The second kappa shape index (κ2) is 13.9.